The molecule has 116 valence electrons. The van der Waals surface area contributed by atoms with Crippen molar-refractivity contribution in [1.29, 1.82) is 0 Å². The zero-order chi connectivity index (χ0) is 15.1. The Morgan fingerprint density at radius 3 is 2.76 bits per heavy atom. The number of nitrogens with zero attached hydrogens (tertiary/aromatic N) is 1. The highest BCUT2D eigenvalue weighted by molar-refractivity contribution is 5.91. The van der Waals surface area contributed by atoms with Crippen LogP contribution in [0.5, 0.6) is 0 Å². The number of nitrogens with one attached hydrogen (secondary N) is 1. The maximum Gasteiger partial charge on any atom is 0.286 e. The highest BCUT2D eigenvalue weighted by Crippen LogP contribution is 2.23. The van der Waals surface area contributed by atoms with Crippen LogP contribution in [0, 0.1) is 0 Å². The fourth-order valence-corrected chi connectivity index (χ4v) is 2.93. The van der Waals surface area contributed by atoms with E-state index in [1.54, 1.807) is 12.1 Å². The molecule has 5 heteroatoms. The molecule has 0 aromatic carbocycles. The van der Waals surface area contributed by atoms with Gasteiger partial charge in [0.2, 0.25) is 5.91 Å². The van der Waals surface area contributed by atoms with Gasteiger partial charge >= 0.3 is 0 Å². The van der Waals surface area contributed by atoms with Gasteiger partial charge in [0, 0.05) is 25.6 Å². The summed E-state index contributed by atoms with van der Waals surface area (Å²) in [6.45, 7) is 3.31. The van der Waals surface area contributed by atoms with Crippen molar-refractivity contribution in [3.8, 4) is 0 Å². The summed E-state index contributed by atoms with van der Waals surface area (Å²) in [7, 11) is 0. The molecule has 1 aromatic heterocycles. The van der Waals surface area contributed by atoms with Crippen molar-refractivity contribution in [3.05, 3.63) is 24.2 Å². The first kappa shape index (κ1) is 15.6. The summed E-state index contributed by atoms with van der Waals surface area (Å²) in [6.07, 6.45) is 7.35. The van der Waals surface area contributed by atoms with Crippen molar-refractivity contribution in [2.24, 2.45) is 0 Å². The van der Waals surface area contributed by atoms with Gasteiger partial charge in [-0.3, -0.25) is 9.59 Å². The molecule has 1 heterocycles. The standard InChI is InChI=1S/C16H24N2O3/c1-2-18(13-7-3-4-8-13)15(19)10-5-11-17-16(20)14-9-6-12-21-14/h6,9,12-13H,2-5,7-8,10-11H2,1H3,(H,17,20). The molecule has 0 aliphatic heterocycles. The lowest BCUT2D eigenvalue weighted by Crippen LogP contribution is -2.38. The first-order valence-electron chi connectivity index (χ1n) is 7.83. The molecule has 1 fully saturated rings. The fourth-order valence-electron chi connectivity index (χ4n) is 2.93. The van der Waals surface area contributed by atoms with E-state index in [2.05, 4.69) is 5.32 Å². The predicted octanol–water partition coefficient (Wildman–Crippen LogP) is 2.58. The van der Waals surface area contributed by atoms with Crippen LogP contribution in [-0.4, -0.2) is 35.8 Å². The van der Waals surface area contributed by atoms with Crippen LogP contribution in [-0.2, 0) is 4.79 Å². The molecule has 1 aliphatic carbocycles. The Hall–Kier alpha value is -1.78. The van der Waals surface area contributed by atoms with E-state index >= 15 is 0 Å². The molecule has 5 nitrogen and oxygen atoms in total. The molecule has 1 N–H and O–H groups in total. The molecule has 2 rings (SSSR count). The summed E-state index contributed by atoms with van der Waals surface area (Å²) >= 11 is 0. The molecule has 1 aliphatic rings. The third-order valence-corrected chi connectivity index (χ3v) is 4.02. The van der Waals surface area contributed by atoms with Crippen LogP contribution in [0.2, 0.25) is 0 Å². The van der Waals surface area contributed by atoms with E-state index in [4.69, 9.17) is 4.42 Å². The van der Waals surface area contributed by atoms with Crippen LogP contribution in [0.3, 0.4) is 0 Å². The molecular formula is C16H24N2O3. The summed E-state index contributed by atoms with van der Waals surface area (Å²) in [5.41, 5.74) is 0. The van der Waals surface area contributed by atoms with E-state index in [-0.39, 0.29) is 11.8 Å². The molecule has 0 saturated heterocycles. The number of hydrogen-bond acceptors (Lipinski definition) is 3. The minimum atomic E-state index is -0.226. The molecule has 1 saturated carbocycles. The monoisotopic (exact) mass is 292 g/mol. The van der Waals surface area contributed by atoms with E-state index < -0.39 is 0 Å². The van der Waals surface area contributed by atoms with Gasteiger partial charge in [-0.25, -0.2) is 0 Å². The smallest absolute Gasteiger partial charge is 0.286 e. The number of rotatable bonds is 7. The van der Waals surface area contributed by atoms with Gasteiger partial charge in [-0.15, -0.1) is 0 Å². The summed E-state index contributed by atoms with van der Waals surface area (Å²) in [4.78, 5) is 25.9. The van der Waals surface area contributed by atoms with Crippen molar-refractivity contribution < 1.29 is 14.0 Å². The summed E-state index contributed by atoms with van der Waals surface area (Å²) in [6, 6.07) is 3.73. The Bertz CT molecular complexity index is 450. The van der Waals surface area contributed by atoms with Crippen molar-refractivity contribution in [2.45, 2.75) is 51.5 Å². The third kappa shape index (κ3) is 4.34. The molecule has 21 heavy (non-hydrogen) atoms. The lowest BCUT2D eigenvalue weighted by molar-refractivity contribution is -0.133. The molecule has 0 spiro atoms. The number of amides is 2. The Morgan fingerprint density at radius 1 is 1.38 bits per heavy atom. The van der Waals surface area contributed by atoms with E-state index in [0.717, 1.165) is 19.4 Å². The minimum absolute atomic E-state index is 0.205. The van der Waals surface area contributed by atoms with Crippen LogP contribution in [0.15, 0.2) is 22.8 Å². The van der Waals surface area contributed by atoms with E-state index in [1.165, 1.54) is 19.1 Å². The highest BCUT2D eigenvalue weighted by Gasteiger charge is 2.24. The molecule has 0 radical (unpaired) electrons. The molecule has 0 unspecified atom stereocenters. The van der Waals surface area contributed by atoms with Crippen molar-refractivity contribution in [1.82, 2.24) is 10.2 Å². The van der Waals surface area contributed by atoms with Crippen molar-refractivity contribution in [2.75, 3.05) is 13.1 Å². The molecule has 0 atom stereocenters. The maximum atomic E-state index is 12.2. The lowest BCUT2D eigenvalue weighted by Gasteiger charge is -2.27. The number of carbonyl (C=O) groups is 2. The predicted molar refractivity (Wildman–Crippen MR) is 79.9 cm³/mol. The summed E-state index contributed by atoms with van der Waals surface area (Å²) < 4.78 is 5.01. The third-order valence-electron chi connectivity index (χ3n) is 4.02. The van der Waals surface area contributed by atoms with E-state index in [9.17, 15) is 9.59 Å². The van der Waals surface area contributed by atoms with Gasteiger partial charge in [-0.2, -0.15) is 0 Å². The Labute approximate surface area is 125 Å². The fraction of sp³-hybridized carbons (Fsp3) is 0.625. The topological polar surface area (TPSA) is 62.6 Å². The number of carbonyl (C=O) groups excluding carboxylic acids is 2. The van der Waals surface area contributed by atoms with Crippen LogP contribution in [0.1, 0.15) is 56.0 Å². The van der Waals surface area contributed by atoms with Crippen LogP contribution in [0.4, 0.5) is 0 Å². The SMILES string of the molecule is CCN(C(=O)CCCNC(=O)c1ccco1)C1CCCC1. The van der Waals surface area contributed by atoms with Crippen LogP contribution in [0.25, 0.3) is 0 Å². The van der Waals surface area contributed by atoms with Gasteiger partial charge in [0.1, 0.15) is 0 Å². The van der Waals surface area contributed by atoms with Gasteiger partial charge in [-0.05, 0) is 38.3 Å². The molecular weight excluding hydrogens is 268 g/mol. The first-order valence-corrected chi connectivity index (χ1v) is 7.83. The number of furan rings is 1. The Balaban J connectivity index is 1.67. The normalized spacial score (nSPS) is 15.1. The summed E-state index contributed by atoms with van der Waals surface area (Å²) in [5, 5.41) is 2.76. The second-order valence-corrected chi connectivity index (χ2v) is 5.45. The van der Waals surface area contributed by atoms with Gasteiger partial charge in [0.05, 0.1) is 6.26 Å². The van der Waals surface area contributed by atoms with Crippen molar-refractivity contribution in [3.63, 3.8) is 0 Å². The maximum absolute atomic E-state index is 12.2. The average molecular weight is 292 g/mol. The second kappa shape index (κ2) is 7.86. The van der Waals surface area contributed by atoms with E-state index in [0.29, 0.717) is 31.2 Å². The number of hydrogen-bond donors (Lipinski definition) is 1. The average Bonchev–Trinajstić information content (AvgIpc) is 3.17. The van der Waals surface area contributed by atoms with Gasteiger partial charge in [0.25, 0.3) is 5.91 Å². The van der Waals surface area contributed by atoms with Gasteiger partial charge in [0.15, 0.2) is 5.76 Å². The quantitative estimate of drug-likeness (QED) is 0.786. The Kier molecular flexibility index (Phi) is 5.84. The van der Waals surface area contributed by atoms with Crippen LogP contribution < -0.4 is 5.32 Å². The Morgan fingerprint density at radius 2 is 2.14 bits per heavy atom. The van der Waals surface area contributed by atoms with Gasteiger partial charge < -0.3 is 14.6 Å². The van der Waals surface area contributed by atoms with Gasteiger partial charge in [-0.1, -0.05) is 12.8 Å². The van der Waals surface area contributed by atoms with Crippen molar-refractivity contribution >= 4 is 11.8 Å². The van der Waals surface area contributed by atoms with Crippen LogP contribution >= 0.6 is 0 Å². The molecule has 0 bridgehead atoms. The zero-order valence-electron chi connectivity index (χ0n) is 12.6. The second-order valence-electron chi connectivity index (χ2n) is 5.45. The lowest BCUT2D eigenvalue weighted by atomic mass is 10.2. The minimum Gasteiger partial charge on any atom is -0.459 e. The zero-order valence-corrected chi connectivity index (χ0v) is 12.6. The first-order chi connectivity index (χ1) is 10.2. The molecule has 1 aromatic rings. The highest BCUT2D eigenvalue weighted by atomic mass is 16.3. The summed E-state index contributed by atoms with van der Waals surface area (Å²) in [5.74, 6) is 0.287. The molecule has 2 amide bonds. The largest absolute Gasteiger partial charge is 0.459 e. The van der Waals surface area contributed by atoms with E-state index in [1.807, 2.05) is 11.8 Å².